The maximum atomic E-state index is 12.8. The third-order valence-corrected chi connectivity index (χ3v) is 4.92. The quantitative estimate of drug-likeness (QED) is 0.610. The van der Waals surface area contributed by atoms with Crippen molar-refractivity contribution < 1.29 is 14.3 Å². The first-order valence-electron chi connectivity index (χ1n) is 9.35. The molecule has 0 bridgehead atoms. The average molecular weight is 375 g/mol. The highest BCUT2D eigenvalue weighted by molar-refractivity contribution is 6.01. The van der Waals surface area contributed by atoms with Crippen LogP contribution < -0.4 is 14.4 Å². The molecule has 2 aromatic rings. The fourth-order valence-corrected chi connectivity index (χ4v) is 3.44. The second-order valence-corrected chi connectivity index (χ2v) is 6.69. The van der Waals surface area contributed by atoms with E-state index in [4.69, 9.17) is 9.47 Å². The molecule has 2 aliphatic rings. The first-order chi connectivity index (χ1) is 13.7. The lowest BCUT2D eigenvalue weighted by Crippen LogP contribution is -2.49. The second-order valence-electron chi connectivity index (χ2n) is 6.69. The van der Waals surface area contributed by atoms with Gasteiger partial charge in [-0.2, -0.15) is 5.26 Å². The topological polar surface area (TPSA) is 65.8 Å². The first kappa shape index (κ1) is 17.9. The van der Waals surface area contributed by atoms with Crippen molar-refractivity contribution in [2.24, 2.45) is 0 Å². The summed E-state index contributed by atoms with van der Waals surface area (Å²) in [6.45, 7) is 3.70. The van der Waals surface area contributed by atoms with Crippen LogP contribution in [0.25, 0.3) is 6.08 Å². The highest BCUT2D eigenvalue weighted by Gasteiger charge is 2.24. The Kier molecular flexibility index (Phi) is 5.16. The molecular weight excluding hydrogens is 354 g/mol. The molecule has 0 aliphatic carbocycles. The molecule has 0 N–H and O–H groups in total. The molecule has 0 aromatic heterocycles. The molecule has 6 nitrogen and oxygen atoms in total. The fraction of sp³-hybridized carbons (Fsp3) is 0.273. The largest absolute Gasteiger partial charge is 0.486 e. The van der Waals surface area contributed by atoms with Gasteiger partial charge in [0.1, 0.15) is 24.9 Å². The van der Waals surface area contributed by atoms with Gasteiger partial charge in [-0.25, -0.2) is 0 Å². The Morgan fingerprint density at radius 3 is 2.39 bits per heavy atom. The highest BCUT2D eigenvalue weighted by atomic mass is 16.6. The van der Waals surface area contributed by atoms with Gasteiger partial charge in [-0.1, -0.05) is 24.3 Å². The summed E-state index contributed by atoms with van der Waals surface area (Å²) in [6.07, 6.45) is 1.62. The molecular formula is C22H21N3O3. The number of nitrogens with zero attached hydrogens (tertiary/aromatic N) is 3. The summed E-state index contributed by atoms with van der Waals surface area (Å²) in [6, 6.07) is 17.6. The number of hydrogen-bond donors (Lipinski definition) is 0. The molecule has 0 atom stereocenters. The van der Waals surface area contributed by atoms with E-state index in [1.54, 1.807) is 23.1 Å². The maximum Gasteiger partial charge on any atom is 0.264 e. The van der Waals surface area contributed by atoms with E-state index in [0.717, 1.165) is 24.3 Å². The Balaban J connectivity index is 1.45. The summed E-state index contributed by atoms with van der Waals surface area (Å²) in [5.41, 5.74) is 2.03. The van der Waals surface area contributed by atoms with Crippen molar-refractivity contribution in [1.29, 1.82) is 5.26 Å². The summed E-state index contributed by atoms with van der Waals surface area (Å²) in [4.78, 5) is 16.8. The average Bonchev–Trinajstić information content (AvgIpc) is 2.77. The zero-order valence-electron chi connectivity index (χ0n) is 15.5. The molecule has 2 aromatic carbocycles. The van der Waals surface area contributed by atoms with Crippen LogP contribution in [0.4, 0.5) is 5.69 Å². The number of fused-ring (bicyclic) bond motifs is 1. The van der Waals surface area contributed by atoms with Crippen molar-refractivity contribution in [2.75, 3.05) is 44.3 Å². The van der Waals surface area contributed by atoms with Gasteiger partial charge in [0, 0.05) is 31.9 Å². The zero-order chi connectivity index (χ0) is 19.3. The number of para-hydroxylation sites is 1. The number of benzene rings is 2. The van der Waals surface area contributed by atoms with Crippen LogP contribution in [-0.4, -0.2) is 50.2 Å². The van der Waals surface area contributed by atoms with E-state index >= 15 is 0 Å². The zero-order valence-corrected chi connectivity index (χ0v) is 15.5. The minimum absolute atomic E-state index is 0.129. The number of carbonyl (C=O) groups is 1. The summed E-state index contributed by atoms with van der Waals surface area (Å²) >= 11 is 0. The number of carbonyl (C=O) groups excluding carboxylic acids is 1. The number of anilines is 1. The molecule has 1 saturated heterocycles. The summed E-state index contributed by atoms with van der Waals surface area (Å²) < 4.78 is 11.1. The number of hydrogen-bond acceptors (Lipinski definition) is 5. The number of ether oxygens (including phenoxy) is 2. The van der Waals surface area contributed by atoms with Crippen molar-refractivity contribution in [3.63, 3.8) is 0 Å². The van der Waals surface area contributed by atoms with Crippen LogP contribution in [-0.2, 0) is 4.79 Å². The third-order valence-electron chi connectivity index (χ3n) is 4.92. The second kappa shape index (κ2) is 8.05. The van der Waals surface area contributed by atoms with Gasteiger partial charge in [0.2, 0.25) is 0 Å². The molecule has 2 heterocycles. The van der Waals surface area contributed by atoms with Crippen molar-refractivity contribution >= 4 is 17.7 Å². The minimum atomic E-state index is -0.231. The number of nitriles is 1. The monoisotopic (exact) mass is 375 g/mol. The van der Waals surface area contributed by atoms with Gasteiger partial charge in [-0.3, -0.25) is 4.79 Å². The third kappa shape index (κ3) is 3.79. The van der Waals surface area contributed by atoms with Crippen molar-refractivity contribution in [3.8, 4) is 17.6 Å². The standard InChI is InChI=1S/C22H21N3O3/c23-16-18(14-17-6-7-20-21(15-17)28-13-12-27-20)22(26)25-10-8-24(9-11-25)19-4-2-1-3-5-19/h1-7,14-15H,8-13H2/b18-14-. The lowest BCUT2D eigenvalue weighted by molar-refractivity contribution is -0.126. The van der Waals surface area contributed by atoms with Gasteiger partial charge in [-0.15, -0.1) is 0 Å². The first-order valence-corrected chi connectivity index (χ1v) is 9.35. The Hall–Kier alpha value is -3.46. The van der Waals surface area contributed by atoms with Gasteiger partial charge in [-0.05, 0) is 35.9 Å². The van der Waals surface area contributed by atoms with E-state index in [2.05, 4.69) is 23.1 Å². The van der Waals surface area contributed by atoms with Crippen LogP contribution in [0.1, 0.15) is 5.56 Å². The van der Waals surface area contributed by atoms with Crippen LogP contribution in [0.3, 0.4) is 0 Å². The van der Waals surface area contributed by atoms with E-state index in [9.17, 15) is 10.1 Å². The van der Waals surface area contributed by atoms with E-state index in [0.29, 0.717) is 37.8 Å². The lowest BCUT2D eigenvalue weighted by atomic mass is 10.1. The fourth-order valence-electron chi connectivity index (χ4n) is 3.44. The minimum Gasteiger partial charge on any atom is -0.486 e. The maximum absolute atomic E-state index is 12.8. The summed E-state index contributed by atoms with van der Waals surface area (Å²) in [5.74, 6) is 1.09. The molecule has 28 heavy (non-hydrogen) atoms. The van der Waals surface area contributed by atoms with Crippen molar-refractivity contribution in [3.05, 3.63) is 59.7 Å². The number of amides is 1. The van der Waals surface area contributed by atoms with Crippen molar-refractivity contribution in [1.82, 2.24) is 4.90 Å². The predicted octanol–water partition coefficient (Wildman–Crippen LogP) is 2.71. The highest BCUT2D eigenvalue weighted by Crippen LogP contribution is 2.31. The molecule has 0 radical (unpaired) electrons. The van der Waals surface area contributed by atoms with Crippen LogP contribution in [0.5, 0.6) is 11.5 Å². The Labute approximate surface area is 164 Å². The molecule has 2 aliphatic heterocycles. The molecule has 1 amide bonds. The van der Waals surface area contributed by atoms with E-state index < -0.39 is 0 Å². The van der Waals surface area contributed by atoms with E-state index in [1.165, 1.54) is 0 Å². The summed E-state index contributed by atoms with van der Waals surface area (Å²) in [5, 5.41) is 9.52. The van der Waals surface area contributed by atoms with Crippen LogP contribution in [0.2, 0.25) is 0 Å². The van der Waals surface area contributed by atoms with Gasteiger partial charge in [0.25, 0.3) is 5.91 Å². The van der Waals surface area contributed by atoms with E-state index in [1.807, 2.05) is 24.3 Å². The Bertz CT molecular complexity index is 926. The van der Waals surface area contributed by atoms with E-state index in [-0.39, 0.29) is 11.5 Å². The van der Waals surface area contributed by atoms with Crippen LogP contribution in [0.15, 0.2) is 54.1 Å². The van der Waals surface area contributed by atoms with Gasteiger partial charge in [0.05, 0.1) is 0 Å². The molecule has 0 saturated carbocycles. The molecule has 4 rings (SSSR count). The Morgan fingerprint density at radius 2 is 1.68 bits per heavy atom. The molecule has 142 valence electrons. The normalized spacial score (nSPS) is 16.5. The van der Waals surface area contributed by atoms with Gasteiger partial charge in [0.15, 0.2) is 11.5 Å². The molecule has 1 fully saturated rings. The Morgan fingerprint density at radius 1 is 0.964 bits per heavy atom. The van der Waals surface area contributed by atoms with Gasteiger partial charge >= 0.3 is 0 Å². The molecule has 0 unspecified atom stereocenters. The molecule has 6 heteroatoms. The summed E-state index contributed by atoms with van der Waals surface area (Å²) in [7, 11) is 0. The van der Waals surface area contributed by atoms with Crippen LogP contribution in [0, 0.1) is 11.3 Å². The van der Waals surface area contributed by atoms with Crippen LogP contribution >= 0.6 is 0 Å². The number of piperazine rings is 1. The SMILES string of the molecule is N#C/C(=C/c1ccc2c(c1)OCCO2)C(=O)N1CCN(c2ccccc2)CC1. The van der Waals surface area contributed by atoms with Gasteiger partial charge < -0.3 is 19.3 Å². The lowest BCUT2D eigenvalue weighted by Gasteiger charge is -2.36. The number of rotatable bonds is 3. The smallest absolute Gasteiger partial charge is 0.264 e. The van der Waals surface area contributed by atoms with Crippen molar-refractivity contribution in [2.45, 2.75) is 0 Å². The molecule has 0 spiro atoms. The predicted molar refractivity (Wildman–Crippen MR) is 106 cm³/mol.